The lowest BCUT2D eigenvalue weighted by Gasteiger charge is -2.17. The molecule has 0 bridgehead atoms. The van der Waals surface area contributed by atoms with E-state index in [0.29, 0.717) is 18.9 Å². The molecule has 2 heterocycles. The van der Waals surface area contributed by atoms with Crippen LogP contribution in [0.4, 0.5) is 11.5 Å². The van der Waals surface area contributed by atoms with Gasteiger partial charge in [0.1, 0.15) is 11.5 Å². The van der Waals surface area contributed by atoms with E-state index >= 15 is 0 Å². The van der Waals surface area contributed by atoms with Crippen molar-refractivity contribution >= 4 is 23.0 Å². The standard InChI is InChI=1S/C13H14N4O3/c14-12-11(13(20)17-6-2-1-5-16(12)17)15-9-4-3-8(18)7-10(9)19/h3-4,7,19H,1-2,5-6,14H2. The molecule has 1 aliphatic heterocycles. The monoisotopic (exact) mass is 274 g/mol. The first-order chi connectivity index (χ1) is 9.58. The molecule has 0 fully saturated rings. The first kappa shape index (κ1) is 12.5. The Hall–Kier alpha value is -2.57. The maximum absolute atomic E-state index is 12.2. The Labute approximate surface area is 114 Å². The molecule has 7 heteroatoms. The number of ketones is 1. The van der Waals surface area contributed by atoms with Gasteiger partial charge in [0.05, 0.1) is 0 Å². The van der Waals surface area contributed by atoms with Gasteiger partial charge in [-0.3, -0.25) is 14.3 Å². The van der Waals surface area contributed by atoms with Crippen LogP contribution in [0.15, 0.2) is 33.8 Å². The fourth-order valence-corrected chi connectivity index (χ4v) is 2.40. The molecule has 0 saturated carbocycles. The van der Waals surface area contributed by atoms with Gasteiger partial charge in [0.2, 0.25) is 0 Å². The minimum absolute atomic E-state index is 0.112. The minimum Gasteiger partial charge on any atom is -0.506 e. The van der Waals surface area contributed by atoms with E-state index in [2.05, 4.69) is 4.99 Å². The molecule has 0 saturated heterocycles. The number of nitrogens with zero attached hydrogens (tertiary/aromatic N) is 3. The van der Waals surface area contributed by atoms with Gasteiger partial charge in [-0.05, 0) is 25.0 Å². The van der Waals surface area contributed by atoms with Crippen molar-refractivity contribution in [3.63, 3.8) is 0 Å². The molecule has 104 valence electrons. The third kappa shape index (κ3) is 1.87. The van der Waals surface area contributed by atoms with E-state index in [1.54, 1.807) is 9.36 Å². The second-order valence-electron chi connectivity index (χ2n) is 4.75. The van der Waals surface area contributed by atoms with Gasteiger partial charge in [-0.15, -0.1) is 0 Å². The summed E-state index contributed by atoms with van der Waals surface area (Å²) in [6, 6.07) is 0. The molecule has 0 amide bonds. The van der Waals surface area contributed by atoms with Crippen LogP contribution in [0.1, 0.15) is 12.8 Å². The van der Waals surface area contributed by atoms with Crippen LogP contribution in [-0.2, 0) is 17.9 Å². The number of hydrogen-bond acceptors (Lipinski definition) is 5. The second-order valence-corrected chi connectivity index (χ2v) is 4.75. The number of aliphatic hydroxyl groups excluding tert-OH is 1. The number of carbonyl (C=O) groups is 1. The molecular weight excluding hydrogens is 260 g/mol. The van der Waals surface area contributed by atoms with Gasteiger partial charge >= 0.3 is 0 Å². The Kier molecular flexibility index (Phi) is 2.81. The molecule has 0 spiro atoms. The number of aromatic nitrogens is 2. The SMILES string of the molecule is Nc1c(N=C2C=CC(=O)C=C2O)c(=O)n2n1CCCC2. The fourth-order valence-electron chi connectivity index (χ4n) is 2.40. The van der Waals surface area contributed by atoms with Crippen LogP contribution >= 0.6 is 0 Å². The molecule has 1 aromatic rings. The third-order valence-corrected chi connectivity index (χ3v) is 3.42. The summed E-state index contributed by atoms with van der Waals surface area (Å²) in [5.41, 5.74) is 5.96. The number of nitrogens with two attached hydrogens (primary N) is 1. The molecule has 3 rings (SSSR count). The molecule has 20 heavy (non-hydrogen) atoms. The van der Waals surface area contributed by atoms with Gasteiger partial charge in [-0.25, -0.2) is 9.67 Å². The Morgan fingerprint density at radius 2 is 1.85 bits per heavy atom. The number of anilines is 1. The first-order valence-electron chi connectivity index (χ1n) is 6.39. The summed E-state index contributed by atoms with van der Waals surface area (Å²) >= 11 is 0. The molecule has 1 aromatic heterocycles. The van der Waals surface area contributed by atoms with Crippen LogP contribution in [0.3, 0.4) is 0 Å². The van der Waals surface area contributed by atoms with Crippen molar-refractivity contribution in [2.45, 2.75) is 25.9 Å². The van der Waals surface area contributed by atoms with Gasteiger partial charge in [0.25, 0.3) is 5.56 Å². The zero-order valence-corrected chi connectivity index (χ0v) is 10.7. The molecule has 7 nitrogen and oxygen atoms in total. The average Bonchev–Trinajstić information content (AvgIpc) is 2.67. The minimum atomic E-state index is -0.317. The summed E-state index contributed by atoms with van der Waals surface area (Å²) < 4.78 is 3.28. The van der Waals surface area contributed by atoms with E-state index in [0.717, 1.165) is 18.9 Å². The Morgan fingerprint density at radius 3 is 2.50 bits per heavy atom. The summed E-state index contributed by atoms with van der Waals surface area (Å²) in [7, 11) is 0. The molecule has 3 N–H and O–H groups in total. The van der Waals surface area contributed by atoms with Crippen LogP contribution in [0, 0.1) is 0 Å². The molecule has 0 atom stereocenters. The van der Waals surface area contributed by atoms with Gasteiger partial charge in [-0.1, -0.05) is 0 Å². The van der Waals surface area contributed by atoms with Crippen molar-refractivity contribution in [2.75, 3.05) is 5.73 Å². The van der Waals surface area contributed by atoms with Crippen LogP contribution in [0.25, 0.3) is 0 Å². The van der Waals surface area contributed by atoms with E-state index in [1.165, 1.54) is 12.2 Å². The number of fused-ring (bicyclic) bond motifs is 1. The number of carbonyl (C=O) groups excluding carboxylic acids is 1. The predicted molar refractivity (Wildman–Crippen MR) is 74.3 cm³/mol. The van der Waals surface area contributed by atoms with Crippen LogP contribution in [-0.4, -0.2) is 26.0 Å². The zero-order valence-electron chi connectivity index (χ0n) is 10.7. The number of rotatable bonds is 1. The van der Waals surface area contributed by atoms with Crippen molar-refractivity contribution in [2.24, 2.45) is 4.99 Å². The van der Waals surface area contributed by atoms with Crippen molar-refractivity contribution in [3.05, 3.63) is 34.3 Å². The van der Waals surface area contributed by atoms with E-state index < -0.39 is 0 Å². The number of nitrogen functional groups attached to an aromatic ring is 1. The largest absolute Gasteiger partial charge is 0.506 e. The lowest BCUT2D eigenvalue weighted by atomic mass is 10.1. The maximum Gasteiger partial charge on any atom is 0.294 e. The summed E-state index contributed by atoms with van der Waals surface area (Å²) in [5, 5.41) is 9.69. The van der Waals surface area contributed by atoms with Crippen molar-refractivity contribution in [3.8, 4) is 0 Å². The molecule has 1 aliphatic carbocycles. The maximum atomic E-state index is 12.2. The Bertz CT molecular complexity index is 734. The van der Waals surface area contributed by atoms with Crippen molar-refractivity contribution in [1.29, 1.82) is 0 Å². The number of aliphatic hydroxyl groups is 1. The second kappa shape index (κ2) is 4.52. The Balaban J connectivity index is 2.11. The highest BCUT2D eigenvalue weighted by Crippen LogP contribution is 2.23. The van der Waals surface area contributed by atoms with Gasteiger partial charge in [0, 0.05) is 19.2 Å². The van der Waals surface area contributed by atoms with Crippen LogP contribution in [0.2, 0.25) is 0 Å². The quantitative estimate of drug-likeness (QED) is 0.735. The first-order valence-corrected chi connectivity index (χ1v) is 6.39. The summed E-state index contributed by atoms with van der Waals surface area (Å²) in [6.07, 6.45) is 5.61. The lowest BCUT2D eigenvalue weighted by molar-refractivity contribution is -0.110. The normalized spacial score (nSPS) is 20.1. The smallest absolute Gasteiger partial charge is 0.294 e. The summed E-state index contributed by atoms with van der Waals surface area (Å²) in [6.45, 7) is 1.30. The third-order valence-electron chi connectivity index (χ3n) is 3.42. The van der Waals surface area contributed by atoms with E-state index in [-0.39, 0.29) is 28.5 Å². The lowest BCUT2D eigenvalue weighted by Crippen LogP contribution is -2.27. The summed E-state index contributed by atoms with van der Waals surface area (Å²) in [4.78, 5) is 27.5. The molecule has 0 radical (unpaired) electrons. The van der Waals surface area contributed by atoms with Crippen LogP contribution < -0.4 is 11.3 Å². The average molecular weight is 274 g/mol. The highest BCUT2D eigenvalue weighted by molar-refractivity contribution is 6.19. The van der Waals surface area contributed by atoms with E-state index in [9.17, 15) is 14.7 Å². The number of aliphatic imine (C=N–C) groups is 1. The Morgan fingerprint density at radius 1 is 1.15 bits per heavy atom. The van der Waals surface area contributed by atoms with Gasteiger partial charge < -0.3 is 10.8 Å². The zero-order chi connectivity index (χ0) is 14.3. The highest BCUT2D eigenvalue weighted by atomic mass is 16.3. The fraction of sp³-hybridized carbons (Fsp3) is 0.308. The van der Waals surface area contributed by atoms with Crippen molar-refractivity contribution < 1.29 is 9.90 Å². The number of allylic oxidation sites excluding steroid dienone is 3. The van der Waals surface area contributed by atoms with E-state index in [4.69, 9.17) is 5.73 Å². The summed E-state index contributed by atoms with van der Waals surface area (Å²) in [5.74, 6) is -0.284. The molecular formula is C13H14N4O3. The van der Waals surface area contributed by atoms with Crippen molar-refractivity contribution in [1.82, 2.24) is 9.36 Å². The predicted octanol–water partition coefficient (Wildman–Crippen LogP) is 0.679. The topological polar surface area (TPSA) is 103 Å². The van der Waals surface area contributed by atoms with E-state index in [1.807, 2.05) is 0 Å². The molecule has 0 aromatic carbocycles. The van der Waals surface area contributed by atoms with Gasteiger partial charge in [-0.2, -0.15) is 0 Å². The molecule has 2 aliphatic rings. The number of hydrogen-bond donors (Lipinski definition) is 2. The van der Waals surface area contributed by atoms with Crippen LogP contribution in [0.5, 0.6) is 0 Å². The highest BCUT2D eigenvalue weighted by Gasteiger charge is 2.21. The molecule has 0 unspecified atom stereocenters. The van der Waals surface area contributed by atoms with Gasteiger partial charge in [0.15, 0.2) is 17.3 Å².